The molecule has 57 heavy (non-hydrogen) atoms. The lowest BCUT2D eigenvalue weighted by molar-refractivity contribution is 0.512. The molecule has 2 heteroatoms. The third-order valence-corrected chi connectivity index (χ3v) is 13.1. The number of nitrogens with zero attached hydrogens (tertiary/aromatic N) is 2. The summed E-state index contributed by atoms with van der Waals surface area (Å²) in [6.07, 6.45) is 23.8. The molecule has 1 aliphatic heterocycles. The summed E-state index contributed by atoms with van der Waals surface area (Å²) in [5.41, 5.74) is 18.8. The molecule has 2 nitrogen and oxygen atoms in total. The van der Waals surface area contributed by atoms with Gasteiger partial charge in [0, 0.05) is 28.1 Å². The molecule has 0 spiro atoms. The molecule has 0 amide bonds. The van der Waals surface area contributed by atoms with Gasteiger partial charge in [-0.25, -0.2) is 0 Å². The van der Waals surface area contributed by atoms with Gasteiger partial charge in [0.1, 0.15) is 0 Å². The fourth-order valence-corrected chi connectivity index (χ4v) is 10.4. The highest BCUT2D eigenvalue weighted by Crippen LogP contribution is 2.58. The van der Waals surface area contributed by atoms with E-state index < -0.39 is 0 Å². The van der Waals surface area contributed by atoms with Crippen LogP contribution in [0, 0.1) is 0 Å². The quantitative estimate of drug-likeness (QED) is 0.136. The maximum atomic E-state index is 5.29. The Kier molecular flexibility index (Phi) is 9.12. The van der Waals surface area contributed by atoms with Gasteiger partial charge in [0.15, 0.2) is 0 Å². The first-order chi connectivity index (χ1) is 27.6. The summed E-state index contributed by atoms with van der Waals surface area (Å²) in [4.78, 5) is 8.02. The molecule has 4 aromatic carbocycles. The molecule has 4 aliphatic carbocycles. The van der Waals surface area contributed by atoms with Gasteiger partial charge >= 0.3 is 0 Å². The molecule has 0 bridgehead atoms. The summed E-state index contributed by atoms with van der Waals surface area (Å²) in [6, 6.07) is 37.8. The van der Waals surface area contributed by atoms with Gasteiger partial charge in [0.2, 0.25) is 0 Å². The number of benzene rings is 4. The van der Waals surface area contributed by atoms with Crippen LogP contribution < -0.4 is 4.90 Å². The van der Waals surface area contributed by atoms with Crippen molar-refractivity contribution in [3.8, 4) is 0 Å². The molecule has 3 atom stereocenters. The fraction of sp³-hybridized carbons (Fsp3) is 0.218. The summed E-state index contributed by atoms with van der Waals surface area (Å²) in [5.74, 6) is 0.318. The molecule has 5 aliphatic rings. The van der Waals surface area contributed by atoms with Crippen LogP contribution in [-0.4, -0.2) is 17.8 Å². The van der Waals surface area contributed by atoms with Crippen LogP contribution in [0.1, 0.15) is 87.3 Å². The molecule has 4 aromatic rings. The summed E-state index contributed by atoms with van der Waals surface area (Å²) in [5, 5.41) is 0. The van der Waals surface area contributed by atoms with Gasteiger partial charge in [-0.05, 0) is 99.2 Å². The average Bonchev–Trinajstić information content (AvgIpc) is 3.77. The Balaban J connectivity index is 1.04. The number of allylic oxidation sites excluding steroid dienone is 11. The summed E-state index contributed by atoms with van der Waals surface area (Å²) < 4.78 is 0. The Bertz CT molecular complexity index is 2590. The van der Waals surface area contributed by atoms with Crippen LogP contribution in [0.3, 0.4) is 0 Å². The van der Waals surface area contributed by atoms with Crippen molar-refractivity contribution in [2.24, 2.45) is 4.99 Å². The Hall–Kier alpha value is -5.99. The summed E-state index contributed by atoms with van der Waals surface area (Å²) in [7, 11) is 0. The number of rotatable bonds is 7. The van der Waals surface area contributed by atoms with Crippen molar-refractivity contribution in [1.29, 1.82) is 0 Å². The molecule has 0 fully saturated rings. The zero-order valence-corrected chi connectivity index (χ0v) is 34.1. The van der Waals surface area contributed by atoms with Gasteiger partial charge in [-0.2, -0.15) is 0 Å². The van der Waals surface area contributed by atoms with Crippen molar-refractivity contribution in [3.63, 3.8) is 0 Å². The SMILES string of the molecule is C=C(/C=C(\N=C(C)c1ccccc1)C1=CCC(N2c3ccccc3C3C=CC4=C(C32)C(C)(C)c2ccccc24)C=C1)/C=C/C=C1\C(=C/C)C(C)(C)c2ccccc21. The van der Waals surface area contributed by atoms with E-state index in [1.165, 1.54) is 50.2 Å². The Morgan fingerprint density at radius 3 is 2.21 bits per heavy atom. The van der Waals surface area contributed by atoms with Crippen LogP contribution in [0.25, 0.3) is 11.1 Å². The third-order valence-electron chi connectivity index (χ3n) is 13.1. The normalized spacial score (nSPS) is 24.1. The molecule has 0 aromatic heterocycles. The Morgan fingerprint density at radius 1 is 0.789 bits per heavy atom. The van der Waals surface area contributed by atoms with Gasteiger partial charge in [-0.15, -0.1) is 0 Å². The zero-order chi connectivity index (χ0) is 39.5. The smallest absolute Gasteiger partial charge is 0.0707 e. The number of fused-ring (bicyclic) bond motifs is 7. The lowest BCUT2D eigenvalue weighted by Gasteiger charge is -2.42. The Labute approximate surface area is 339 Å². The van der Waals surface area contributed by atoms with E-state index in [2.05, 4.69) is 217 Å². The van der Waals surface area contributed by atoms with Crippen LogP contribution in [-0.2, 0) is 10.8 Å². The van der Waals surface area contributed by atoms with E-state index in [0.29, 0.717) is 5.92 Å². The first kappa shape index (κ1) is 36.6. The van der Waals surface area contributed by atoms with Gasteiger partial charge in [-0.1, -0.05) is 186 Å². The first-order valence-electron chi connectivity index (χ1n) is 20.5. The van der Waals surface area contributed by atoms with Crippen molar-refractivity contribution >= 4 is 22.5 Å². The second kappa shape index (κ2) is 14.2. The number of anilines is 1. The first-order valence-corrected chi connectivity index (χ1v) is 20.5. The summed E-state index contributed by atoms with van der Waals surface area (Å²) in [6.45, 7) is 18.2. The van der Waals surface area contributed by atoms with E-state index in [0.717, 1.165) is 34.5 Å². The van der Waals surface area contributed by atoms with Gasteiger partial charge in [0.05, 0.1) is 17.8 Å². The number of hydrogen-bond acceptors (Lipinski definition) is 2. The van der Waals surface area contributed by atoms with E-state index in [-0.39, 0.29) is 22.9 Å². The highest BCUT2D eigenvalue weighted by Gasteiger charge is 2.51. The predicted molar refractivity (Wildman–Crippen MR) is 243 cm³/mol. The maximum Gasteiger partial charge on any atom is 0.0707 e. The second-order valence-electron chi connectivity index (χ2n) is 17.1. The predicted octanol–water partition coefficient (Wildman–Crippen LogP) is 13.4. The van der Waals surface area contributed by atoms with E-state index >= 15 is 0 Å². The molecule has 9 rings (SSSR count). The van der Waals surface area contributed by atoms with E-state index in [4.69, 9.17) is 4.99 Å². The monoisotopic (exact) mass is 740 g/mol. The molecule has 0 radical (unpaired) electrons. The molecule has 282 valence electrons. The maximum absolute atomic E-state index is 5.29. The van der Waals surface area contributed by atoms with Crippen LogP contribution in [0.15, 0.2) is 203 Å². The second-order valence-corrected chi connectivity index (χ2v) is 17.1. The van der Waals surface area contributed by atoms with E-state index in [9.17, 15) is 0 Å². The minimum Gasteiger partial charge on any atom is -0.357 e. The summed E-state index contributed by atoms with van der Waals surface area (Å²) >= 11 is 0. The largest absolute Gasteiger partial charge is 0.357 e. The van der Waals surface area contributed by atoms with Crippen molar-refractivity contribution in [3.05, 3.63) is 232 Å². The standard InChI is InChI=1S/C55H52N2/c1-8-47-41(42-22-12-15-26-48(42)54(47,4)5)25-18-19-36(2)35-50(56-37(3)38-20-10-9-11-21-38)39-29-31-40(32-30-39)57-51-28-17-14-24-44(51)46-34-33-45-43-23-13-16-27-49(43)55(6,7)52(45)53(46)57/h8-31,33-35,40,46,53H,2,32H2,1,3-7H3/b19-18+,41-25-,47-8+,50-35-,56-37?. The highest BCUT2D eigenvalue weighted by atomic mass is 15.2. The molecule has 3 unspecified atom stereocenters. The Morgan fingerprint density at radius 2 is 1.47 bits per heavy atom. The topological polar surface area (TPSA) is 15.6 Å². The van der Waals surface area contributed by atoms with Crippen LogP contribution in [0.5, 0.6) is 0 Å². The lowest BCUT2D eigenvalue weighted by atomic mass is 9.72. The number of aliphatic imine (C=N–C) groups is 1. The van der Waals surface area contributed by atoms with Gasteiger partial charge < -0.3 is 4.90 Å². The average molecular weight is 741 g/mol. The van der Waals surface area contributed by atoms with Crippen LogP contribution in [0.4, 0.5) is 5.69 Å². The highest BCUT2D eigenvalue weighted by molar-refractivity contribution is 5.99. The molecule has 0 saturated heterocycles. The zero-order valence-electron chi connectivity index (χ0n) is 34.1. The van der Waals surface area contributed by atoms with E-state index in [1.54, 1.807) is 5.57 Å². The van der Waals surface area contributed by atoms with Crippen LogP contribution >= 0.6 is 0 Å². The van der Waals surface area contributed by atoms with Crippen molar-refractivity contribution in [2.45, 2.75) is 76.8 Å². The fourth-order valence-electron chi connectivity index (χ4n) is 10.4. The molecule has 0 saturated carbocycles. The molecular formula is C55H52N2. The number of hydrogen-bond donors (Lipinski definition) is 0. The van der Waals surface area contributed by atoms with Crippen molar-refractivity contribution < 1.29 is 0 Å². The molecule has 0 N–H and O–H groups in total. The number of para-hydroxylation sites is 1. The van der Waals surface area contributed by atoms with Crippen LogP contribution in [0.2, 0.25) is 0 Å². The van der Waals surface area contributed by atoms with E-state index in [1.807, 2.05) is 0 Å². The van der Waals surface area contributed by atoms with Gasteiger partial charge in [0.25, 0.3) is 0 Å². The third kappa shape index (κ3) is 6.05. The minimum absolute atomic E-state index is 0.0281. The molecular weight excluding hydrogens is 689 g/mol. The van der Waals surface area contributed by atoms with Crippen molar-refractivity contribution in [1.82, 2.24) is 0 Å². The minimum atomic E-state index is -0.0611. The van der Waals surface area contributed by atoms with Crippen molar-refractivity contribution in [2.75, 3.05) is 4.90 Å². The molecule has 1 heterocycles. The lowest BCUT2D eigenvalue weighted by Crippen LogP contribution is -2.46. The van der Waals surface area contributed by atoms with Gasteiger partial charge in [-0.3, -0.25) is 4.99 Å².